The van der Waals surface area contributed by atoms with Crippen LogP contribution in [0.3, 0.4) is 0 Å². The van der Waals surface area contributed by atoms with E-state index < -0.39 is 11.8 Å². The smallest absolute Gasteiger partial charge is 0.356 e. The third kappa shape index (κ3) is 3.19. The molecule has 7 heteroatoms. The van der Waals surface area contributed by atoms with Gasteiger partial charge in [-0.1, -0.05) is 0 Å². The summed E-state index contributed by atoms with van der Waals surface area (Å²) >= 11 is 0. The molecule has 112 valence electrons. The van der Waals surface area contributed by atoms with Gasteiger partial charge in [0.05, 0.1) is 12.8 Å². The number of aliphatic hydroxyl groups is 1. The Balaban J connectivity index is 2.42. The number of halogens is 1. The van der Waals surface area contributed by atoms with Crippen molar-refractivity contribution in [1.82, 2.24) is 9.78 Å². The quantitative estimate of drug-likeness (QED) is 0.846. The topological polar surface area (TPSA) is 84.6 Å². The first-order chi connectivity index (χ1) is 10.1. The van der Waals surface area contributed by atoms with E-state index in [0.717, 1.165) is 0 Å². The third-order valence-corrected chi connectivity index (χ3v) is 3.00. The Morgan fingerprint density at radius 1 is 1.48 bits per heavy atom. The molecule has 0 saturated heterocycles. The molecule has 0 fully saturated rings. The summed E-state index contributed by atoms with van der Waals surface area (Å²) in [6.07, 6.45) is 2.40. The van der Waals surface area contributed by atoms with E-state index in [2.05, 4.69) is 5.10 Å². The molecule has 0 radical (unpaired) electrons. The number of carbonyl (C=O) groups is 1. The number of ether oxygens (including phenoxy) is 1. The maximum Gasteiger partial charge on any atom is 0.356 e. The molecule has 0 spiro atoms. The number of rotatable bonds is 6. The van der Waals surface area contributed by atoms with Crippen LogP contribution < -0.4 is 4.74 Å². The molecule has 21 heavy (non-hydrogen) atoms. The molecule has 0 aliphatic carbocycles. The lowest BCUT2D eigenvalue weighted by Crippen LogP contribution is -2.03. The van der Waals surface area contributed by atoms with Gasteiger partial charge in [-0.2, -0.15) is 5.10 Å². The van der Waals surface area contributed by atoms with Crippen molar-refractivity contribution in [2.45, 2.75) is 12.8 Å². The molecule has 0 unspecified atom stereocenters. The molecule has 1 aromatic carbocycles. The van der Waals surface area contributed by atoms with Gasteiger partial charge in [-0.3, -0.25) is 0 Å². The number of hydrogen-bond acceptors (Lipinski definition) is 4. The number of aryl methyl sites for hydroxylation is 1. The molecule has 1 heterocycles. The molecule has 0 saturated carbocycles. The highest BCUT2D eigenvalue weighted by atomic mass is 19.1. The predicted octanol–water partition coefficient (Wildman–Crippen LogP) is 1.64. The van der Waals surface area contributed by atoms with E-state index in [0.29, 0.717) is 24.1 Å². The lowest BCUT2D eigenvalue weighted by Gasteiger charge is -2.05. The molecule has 0 aliphatic rings. The second kappa shape index (κ2) is 6.36. The van der Waals surface area contributed by atoms with E-state index >= 15 is 0 Å². The van der Waals surface area contributed by atoms with E-state index in [1.807, 2.05) is 0 Å². The van der Waals surface area contributed by atoms with E-state index in [1.165, 1.54) is 30.0 Å². The van der Waals surface area contributed by atoms with Crippen LogP contribution in [0.5, 0.6) is 5.75 Å². The van der Waals surface area contributed by atoms with Gasteiger partial charge in [-0.15, -0.1) is 0 Å². The van der Waals surface area contributed by atoms with Gasteiger partial charge in [-0.05, 0) is 25.0 Å². The van der Waals surface area contributed by atoms with Crippen molar-refractivity contribution in [3.8, 4) is 11.4 Å². The van der Waals surface area contributed by atoms with Gasteiger partial charge in [0.2, 0.25) is 0 Å². The van der Waals surface area contributed by atoms with E-state index in [9.17, 15) is 9.18 Å². The minimum atomic E-state index is -1.14. The highest BCUT2D eigenvalue weighted by Gasteiger charge is 2.16. The summed E-state index contributed by atoms with van der Waals surface area (Å²) in [6, 6.07) is 4.14. The zero-order valence-corrected chi connectivity index (χ0v) is 11.4. The molecule has 2 aromatic rings. The first kappa shape index (κ1) is 15.0. The van der Waals surface area contributed by atoms with E-state index in [1.54, 1.807) is 6.20 Å². The molecule has 0 amide bonds. The summed E-state index contributed by atoms with van der Waals surface area (Å²) in [5.74, 6) is -1.60. The Bertz CT molecular complexity index is 654. The van der Waals surface area contributed by atoms with Gasteiger partial charge in [0, 0.05) is 24.4 Å². The van der Waals surface area contributed by atoms with Gasteiger partial charge in [0.15, 0.2) is 17.3 Å². The number of aromatic carboxylic acids is 1. The van der Waals surface area contributed by atoms with Crippen molar-refractivity contribution in [2.24, 2.45) is 0 Å². The van der Waals surface area contributed by atoms with Crippen molar-refractivity contribution < 1.29 is 24.1 Å². The average molecular weight is 294 g/mol. The summed E-state index contributed by atoms with van der Waals surface area (Å²) in [5, 5.41) is 22.0. The number of benzene rings is 1. The molecule has 2 N–H and O–H groups in total. The Morgan fingerprint density at radius 2 is 2.24 bits per heavy atom. The molecule has 6 nitrogen and oxygen atoms in total. The molecule has 0 aliphatic heterocycles. The fourth-order valence-corrected chi connectivity index (χ4v) is 1.97. The van der Waals surface area contributed by atoms with Crippen LogP contribution in [-0.2, 0) is 6.42 Å². The van der Waals surface area contributed by atoms with Gasteiger partial charge >= 0.3 is 5.97 Å². The van der Waals surface area contributed by atoms with Crippen LogP contribution in [0.2, 0.25) is 0 Å². The van der Waals surface area contributed by atoms with Crippen molar-refractivity contribution in [2.75, 3.05) is 13.7 Å². The van der Waals surface area contributed by atoms with Gasteiger partial charge in [-0.25, -0.2) is 13.9 Å². The van der Waals surface area contributed by atoms with E-state index in [-0.39, 0.29) is 18.1 Å². The number of aromatic nitrogens is 2. The average Bonchev–Trinajstić information content (AvgIpc) is 2.90. The first-order valence-corrected chi connectivity index (χ1v) is 6.33. The lowest BCUT2D eigenvalue weighted by atomic mass is 10.1. The van der Waals surface area contributed by atoms with Crippen LogP contribution in [0.4, 0.5) is 4.39 Å². The van der Waals surface area contributed by atoms with Crippen LogP contribution in [0.15, 0.2) is 24.4 Å². The second-order valence-corrected chi connectivity index (χ2v) is 4.40. The molecule has 2 rings (SSSR count). The van der Waals surface area contributed by atoms with Crippen LogP contribution in [0.1, 0.15) is 22.5 Å². The Kier molecular flexibility index (Phi) is 4.54. The monoisotopic (exact) mass is 294 g/mol. The summed E-state index contributed by atoms with van der Waals surface area (Å²) in [7, 11) is 1.35. The molecule has 0 bridgehead atoms. The summed E-state index contributed by atoms with van der Waals surface area (Å²) in [4.78, 5) is 11.2. The van der Waals surface area contributed by atoms with Crippen LogP contribution in [0, 0.1) is 5.82 Å². The summed E-state index contributed by atoms with van der Waals surface area (Å²) < 4.78 is 19.6. The Labute approximate surface area is 120 Å². The standard InChI is InChI=1S/C14H15FN2O4/c1-21-12-7-10(4-5-11(12)15)17-8-9(3-2-6-18)13(16-17)14(19)20/h4-5,7-8,18H,2-3,6H2,1H3,(H,19,20). The minimum absolute atomic E-state index is 0.0331. The molecular weight excluding hydrogens is 279 g/mol. The number of carboxylic acids is 1. The van der Waals surface area contributed by atoms with Gasteiger partial charge in [0.25, 0.3) is 0 Å². The zero-order valence-electron chi connectivity index (χ0n) is 11.4. The minimum Gasteiger partial charge on any atom is -0.494 e. The Morgan fingerprint density at radius 3 is 2.86 bits per heavy atom. The fourth-order valence-electron chi connectivity index (χ4n) is 1.97. The maximum atomic E-state index is 13.4. The van der Waals surface area contributed by atoms with Gasteiger partial charge in [0.1, 0.15) is 0 Å². The lowest BCUT2D eigenvalue weighted by molar-refractivity contribution is 0.0688. The van der Waals surface area contributed by atoms with Crippen LogP contribution in [0.25, 0.3) is 5.69 Å². The second-order valence-electron chi connectivity index (χ2n) is 4.40. The van der Waals surface area contributed by atoms with Crippen molar-refractivity contribution in [1.29, 1.82) is 0 Å². The summed E-state index contributed by atoms with van der Waals surface area (Å²) in [5.41, 5.74) is 0.928. The largest absolute Gasteiger partial charge is 0.494 e. The molecule has 0 atom stereocenters. The maximum absolute atomic E-state index is 13.4. The van der Waals surface area contributed by atoms with Crippen LogP contribution in [-0.4, -0.2) is 39.7 Å². The van der Waals surface area contributed by atoms with E-state index in [4.69, 9.17) is 14.9 Å². The van der Waals surface area contributed by atoms with Crippen molar-refractivity contribution in [3.05, 3.63) is 41.5 Å². The summed E-state index contributed by atoms with van der Waals surface area (Å²) in [6.45, 7) is -0.0331. The Hall–Kier alpha value is -2.41. The zero-order chi connectivity index (χ0) is 15.4. The first-order valence-electron chi connectivity index (χ1n) is 6.33. The highest BCUT2D eigenvalue weighted by Crippen LogP contribution is 2.22. The van der Waals surface area contributed by atoms with Crippen molar-refractivity contribution >= 4 is 5.97 Å². The number of carboxylic acid groups (broad SMARTS) is 1. The number of hydrogen-bond donors (Lipinski definition) is 2. The normalized spacial score (nSPS) is 10.6. The highest BCUT2D eigenvalue weighted by molar-refractivity contribution is 5.87. The molecular formula is C14H15FN2O4. The van der Waals surface area contributed by atoms with Crippen LogP contribution >= 0.6 is 0 Å². The SMILES string of the molecule is COc1cc(-n2cc(CCCO)c(C(=O)O)n2)ccc1F. The third-order valence-electron chi connectivity index (χ3n) is 3.00. The number of aliphatic hydroxyl groups excluding tert-OH is 1. The van der Waals surface area contributed by atoms with Crippen molar-refractivity contribution in [3.63, 3.8) is 0 Å². The predicted molar refractivity (Wildman–Crippen MR) is 72.4 cm³/mol. The number of methoxy groups -OCH3 is 1. The number of nitrogens with zero attached hydrogens (tertiary/aromatic N) is 2. The van der Waals surface area contributed by atoms with Gasteiger partial charge < -0.3 is 14.9 Å². The fraction of sp³-hybridized carbons (Fsp3) is 0.286. The molecule has 1 aromatic heterocycles.